The second-order valence-electron chi connectivity index (χ2n) is 4.56. The van der Waals surface area contributed by atoms with E-state index in [9.17, 15) is 9.59 Å². The molecule has 3 aromatic rings. The largest absolute Gasteiger partial charge is 0.467 e. The van der Waals surface area contributed by atoms with Gasteiger partial charge in [0.25, 0.3) is 5.91 Å². The third-order valence-electron chi connectivity index (χ3n) is 2.90. The van der Waals surface area contributed by atoms with Crippen molar-refractivity contribution >= 4 is 39.9 Å². The van der Waals surface area contributed by atoms with E-state index in [0.29, 0.717) is 28.0 Å². The number of hydrogen-bond donors (Lipinski definition) is 2. The molecule has 124 valence electrons. The fraction of sp³-hybridized carbons (Fsp3) is 0.154. The van der Waals surface area contributed by atoms with E-state index >= 15 is 0 Å². The summed E-state index contributed by atoms with van der Waals surface area (Å²) in [6, 6.07) is 5.15. The van der Waals surface area contributed by atoms with E-state index in [2.05, 4.69) is 20.8 Å². The van der Waals surface area contributed by atoms with Gasteiger partial charge in [0, 0.05) is 0 Å². The maximum Gasteiger partial charge on any atom is 0.251 e. The van der Waals surface area contributed by atoms with Crippen LogP contribution in [-0.4, -0.2) is 37.8 Å². The molecular formula is C13H12N6O3S2. The Morgan fingerprint density at radius 2 is 2.29 bits per heavy atom. The van der Waals surface area contributed by atoms with Gasteiger partial charge in [0.2, 0.25) is 11.1 Å². The van der Waals surface area contributed by atoms with Gasteiger partial charge >= 0.3 is 0 Å². The second kappa shape index (κ2) is 7.27. The van der Waals surface area contributed by atoms with Crippen LogP contribution in [0.3, 0.4) is 0 Å². The highest BCUT2D eigenvalue weighted by Gasteiger charge is 2.15. The first-order chi connectivity index (χ1) is 11.6. The number of rotatable bonds is 7. The van der Waals surface area contributed by atoms with Crippen LogP contribution in [0.4, 0.5) is 5.00 Å². The second-order valence-corrected chi connectivity index (χ2v) is 6.42. The Balaban J connectivity index is 1.58. The predicted octanol–water partition coefficient (Wildman–Crippen LogP) is 1.21. The van der Waals surface area contributed by atoms with Gasteiger partial charge in [-0.25, -0.2) is 4.68 Å². The van der Waals surface area contributed by atoms with E-state index in [4.69, 9.17) is 10.2 Å². The SMILES string of the molecule is NC(=O)c1ccsc1NC(=O)CSc1nnnn1Cc1ccco1. The molecule has 0 radical (unpaired) electrons. The highest BCUT2D eigenvalue weighted by atomic mass is 32.2. The molecule has 24 heavy (non-hydrogen) atoms. The molecule has 3 N–H and O–H groups in total. The number of carbonyl (C=O) groups is 2. The molecule has 0 bridgehead atoms. The molecule has 0 saturated heterocycles. The van der Waals surface area contributed by atoms with Crippen molar-refractivity contribution in [2.45, 2.75) is 11.7 Å². The zero-order valence-corrected chi connectivity index (χ0v) is 13.8. The summed E-state index contributed by atoms with van der Waals surface area (Å²) >= 11 is 2.42. The Hall–Kier alpha value is -2.66. The van der Waals surface area contributed by atoms with Crippen molar-refractivity contribution in [2.24, 2.45) is 5.73 Å². The van der Waals surface area contributed by atoms with Gasteiger partial charge in [-0.2, -0.15) is 0 Å². The zero-order valence-electron chi connectivity index (χ0n) is 12.2. The summed E-state index contributed by atoms with van der Waals surface area (Å²) in [5.41, 5.74) is 5.54. The van der Waals surface area contributed by atoms with Gasteiger partial charge in [0.05, 0.1) is 17.6 Å². The van der Waals surface area contributed by atoms with E-state index in [1.165, 1.54) is 27.8 Å². The molecular weight excluding hydrogens is 352 g/mol. The van der Waals surface area contributed by atoms with Crippen molar-refractivity contribution in [1.29, 1.82) is 0 Å². The van der Waals surface area contributed by atoms with Crippen LogP contribution in [0.25, 0.3) is 0 Å². The number of nitrogens with two attached hydrogens (primary N) is 1. The Morgan fingerprint density at radius 3 is 3.04 bits per heavy atom. The third-order valence-corrected chi connectivity index (χ3v) is 4.69. The number of furan rings is 1. The van der Waals surface area contributed by atoms with Gasteiger partial charge in [-0.3, -0.25) is 9.59 Å². The Morgan fingerprint density at radius 1 is 1.42 bits per heavy atom. The van der Waals surface area contributed by atoms with E-state index in [0.717, 1.165) is 0 Å². The van der Waals surface area contributed by atoms with E-state index in [1.807, 2.05) is 6.07 Å². The topological polar surface area (TPSA) is 129 Å². The van der Waals surface area contributed by atoms with Crippen LogP contribution in [0.5, 0.6) is 0 Å². The minimum atomic E-state index is -0.582. The molecule has 0 aromatic carbocycles. The van der Waals surface area contributed by atoms with Crippen molar-refractivity contribution in [2.75, 3.05) is 11.1 Å². The molecule has 9 nitrogen and oxygen atoms in total. The summed E-state index contributed by atoms with van der Waals surface area (Å²) in [4.78, 5) is 23.3. The van der Waals surface area contributed by atoms with Gasteiger partial charge in [0.15, 0.2) is 0 Å². The number of nitrogens with one attached hydrogen (secondary N) is 1. The predicted molar refractivity (Wildman–Crippen MR) is 87.8 cm³/mol. The van der Waals surface area contributed by atoms with E-state index < -0.39 is 5.91 Å². The molecule has 0 aliphatic rings. The van der Waals surface area contributed by atoms with E-state index in [1.54, 1.807) is 23.8 Å². The molecule has 0 aliphatic carbocycles. The summed E-state index contributed by atoms with van der Waals surface area (Å²) in [5, 5.41) is 16.6. The lowest BCUT2D eigenvalue weighted by Gasteiger charge is -2.04. The standard InChI is InChI=1S/C13H12N6O3S2/c14-11(21)9-3-5-23-12(9)15-10(20)7-24-13-16-17-18-19(13)6-8-2-1-4-22-8/h1-5H,6-7H2,(H2,14,21)(H,15,20). The molecule has 0 saturated carbocycles. The summed E-state index contributed by atoms with van der Waals surface area (Å²) in [5.74, 6) is -0.0633. The van der Waals surface area contributed by atoms with Gasteiger partial charge in [-0.05, 0) is 34.0 Å². The lowest BCUT2D eigenvalue weighted by Crippen LogP contribution is -2.18. The Kier molecular flexibility index (Phi) is 4.91. The lowest BCUT2D eigenvalue weighted by atomic mass is 10.3. The van der Waals surface area contributed by atoms with Crippen molar-refractivity contribution in [3.8, 4) is 0 Å². The number of aromatic nitrogens is 4. The van der Waals surface area contributed by atoms with Crippen LogP contribution in [0, 0.1) is 0 Å². The number of nitrogens with zero attached hydrogens (tertiary/aromatic N) is 4. The van der Waals surface area contributed by atoms with Gasteiger partial charge in [-0.15, -0.1) is 16.4 Å². The molecule has 0 unspecified atom stereocenters. The number of thioether (sulfide) groups is 1. The summed E-state index contributed by atoms with van der Waals surface area (Å²) in [6.45, 7) is 0.376. The van der Waals surface area contributed by atoms with Crippen molar-refractivity contribution in [3.63, 3.8) is 0 Å². The van der Waals surface area contributed by atoms with Crippen LogP contribution >= 0.6 is 23.1 Å². The fourth-order valence-electron chi connectivity index (χ4n) is 1.84. The molecule has 3 heterocycles. The highest BCUT2D eigenvalue weighted by Crippen LogP contribution is 2.23. The number of tetrazole rings is 1. The Bertz CT molecular complexity index is 842. The number of thiophene rings is 1. The van der Waals surface area contributed by atoms with Gasteiger partial charge in [-0.1, -0.05) is 11.8 Å². The van der Waals surface area contributed by atoms with Crippen LogP contribution in [0.2, 0.25) is 0 Å². The summed E-state index contributed by atoms with van der Waals surface area (Å²) in [7, 11) is 0. The minimum absolute atomic E-state index is 0.0919. The van der Waals surface area contributed by atoms with Crippen LogP contribution < -0.4 is 11.1 Å². The molecule has 0 aliphatic heterocycles. The van der Waals surface area contributed by atoms with Gasteiger partial charge in [0.1, 0.15) is 17.3 Å². The quantitative estimate of drug-likeness (QED) is 0.603. The summed E-state index contributed by atoms with van der Waals surface area (Å²) < 4.78 is 6.78. The first-order valence-corrected chi connectivity index (χ1v) is 8.58. The first kappa shape index (κ1) is 16.2. The maximum atomic E-state index is 12.0. The fourth-order valence-corrected chi connectivity index (χ4v) is 3.33. The van der Waals surface area contributed by atoms with Crippen molar-refractivity contribution < 1.29 is 14.0 Å². The molecule has 0 atom stereocenters. The highest BCUT2D eigenvalue weighted by molar-refractivity contribution is 7.99. The minimum Gasteiger partial charge on any atom is -0.467 e. The smallest absolute Gasteiger partial charge is 0.251 e. The zero-order chi connectivity index (χ0) is 16.9. The third kappa shape index (κ3) is 3.81. The van der Waals surface area contributed by atoms with Gasteiger partial charge < -0.3 is 15.5 Å². The number of anilines is 1. The molecule has 3 aromatic heterocycles. The molecule has 0 spiro atoms. The molecule has 2 amide bonds. The van der Waals surface area contributed by atoms with Crippen molar-refractivity contribution in [3.05, 3.63) is 41.2 Å². The molecule has 3 rings (SSSR count). The number of hydrogen-bond acceptors (Lipinski definition) is 8. The number of carbonyl (C=O) groups excluding carboxylic acids is 2. The first-order valence-electron chi connectivity index (χ1n) is 6.72. The van der Waals surface area contributed by atoms with E-state index in [-0.39, 0.29) is 11.7 Å². The summed E-state index contributed by atoms with van der Waals surface area (Å²) in [6.07, 6.45) is 1.57. The van der Waals surface area contributed by atoms with Crippen LogP contribution in [0.15, 0.2) is 39.4 Å². The number of primary amides is 1. The van der Waals surface area contributed by atoms with Crippen LogP contribution in [0.1, 0.15) is 16.1 Å². The van der Waals surface area contributed by atoms with Crippen molar-refractivity contribution in [1.82, 2.24) is 20.2 Å². The average molecular weight is 364 g/mol. The maximum absolute atomic E-state index is 12.0. The average Bonchev–Trinajstić information content (AvgIpc) is 3.27. The monoisotopic (exact) mass is 364 g/mol. The molecule has 0 fully saturated rings. The van der Waals surface area contributed by atoms with Crippen LogP contribution in [-0.2, 0) is 11.3 Å². The lowest BCUT2D eigenvalue weighted by molar-refractivity contribution is -0.113. The normalized spacial score (nSPS) is 10.7. The Labute approximate surface area is 144 Å². The molecule has 11 heteroatoms. The number of amides is 2.